The molecule has 1 aliphatic carbocycles. The van der Waals surface area contributed by atoms with Gasteiger partial charge in [-0.05, 0) is 49.9 Å². The number of nitrogens with one attached hydrogen (secondary N) is 2. The van der Waals surface area contributed by atoms with Crippen LogP contribution in [0.2, 0.25) is 0 Å². The molecule has 0 radical (unpaired) electrons. The van der Waals surface area contributed by atoms with Crippen LogP contribution in [0.25, 0.3) is 0 Å². The summed E-state index contributed by atoms with van der Waals surface area (Å²) in [7, 11) is 0. The van der Waals surface area contributed by atoms with Crippen LogP contribution in [0.1, 0.15) is 25.7 Å². The van der Waals surface area contributed by atoms with E-state index in [0.29, 0.717) is 0 Å². The minimum Gasteiger partial charge on any atom is -0.490 e. The highest BCUT2D eigenvalue weighted by molar-refractivity contribution is 5.89. The van der Waals surface area contributed by atoms with Gasteiger partial charge in [0.1, 0.15) is 5.75 Å². The Hall–Kier alpha value is -2.49. The summed E-state index contributed by atoms with van der Waals surface area (Å²) in [6.07, 6.45) is 4.06. The van der Waals surface area contributed by atoms with Crippen LogP contribution >= 0.6 is 0 Å². The van der Waals surface area contributed by atoms with Crippen molar-refractivity contribution in [3.8, 4) is 5.75 Å². The lowest BCUT2D eigenvalue weighted by atomic mass is 9.93. The number of hydrogen-bond acceptors (Lipinski definition) is 2. The lowest BCUT2D eigenvalue weighted by molar-refractivity contribution is 0.141. The molecule has 2 amide bonds. The number of urea groups is 1. The van der Waals surface area contributed by atoms with Gasteiger partial charge in [-0.1, -0.05) is 36.4 Å². The molecule has 1 saturated carbocycles. The van der Waals surface area contributed by atoms with Gasteiger partial charge in [-0.25, -0.2) is 4.79 Å². The fourth-order valence-electron chi connectivity index (χ4n) is 2.89. The second-order valence-electron chi connectivity index (χ2n) is 5.87. The summed E-state index contributed by atoms with van der Waals surface area (Å²) < 4.78 is 5.98. The van der Waals surface area contributed by atoms with E-state index < -0.39 is 0 Å². The molecule has 1 fully saturated rings. The van der Waals surface area contributed by atoms with Gasteiger partial charge in [-0.15, -0.1) is 0 Å². The Morgan fingerprint density at radius 2 is 1.48 bits per heavy atom. The van der Waals surface area contributed by atoms with Crippen molar-refractivity contribution in [1.29, 1.82) is 0 Å². The number of hydrogen-bond donors (Lipinski definition) is 2. The first-order valence-corrected chi connectivity index (χ1v) is 8.14. The van der Waals surface area contributed by atoms with Crippen molar-refractivity contribution >= 4 is 11.7 Å². The summed E-state index contributed by atoms with van der Waals surface area (Å²) in [4.78, 5) is 12.0. The van der Waals surface area contributed by atoms with Crippen molar-refractivity contribution in [3.63, 3.8) is 0 Å². The van der Waals surface area contributed by atoms with Crippen LogP contribution in [0.15, 0.2) is 60.7 Å². The number of para-hydroxylation sites is 2. The maximum atomic E-state index is 12.0. The fraction of sp³-hybridized carbons (Fsp3) is 0.316. The molecule has 1 aliphatic rings. The third-order valence-corrected chi connectivity index (χ3v) is 4.09. The van der Waals surface area contributed by atoms with E-state index in [0.717, 1.165) is 37.1 Å². The molecule has 4 nitrogen and oxygen atoms in total. The predicted octanol–water partition coefficient (Wildman–Crippen LogP) is 4.20. The van der Waals surface area contributed by atoms with Crippen LogP contribution in [-0.2, 0) is 0 Å². The van der Waals surface area contributed by atoms with E-state index in [1.54, 1.807) is 0 Å². The highest BCUT2D eigenvalue weighted by atomic mass is 16.5. The average molecular weight is 310 g/mol. The Morgan fingerprint density at radius 1 is 0.870 bits per heavy atom. The molecule has 0 bridgehead atoms. The van der Waals surface area contributed by atoms with Gasteiger partial charge in [0.2, 0.25) is 0 Å². The molecule has 4 heteroatoms. The quantitative estimate of drug-likeness (QED) is 0.889. The maximum Gasteiger partial charge on any atom is 0.319 e. The van der Waals surface area contributed by atoms with E-state index in [9.17, 15) is 4.79 Å². The highest BCUT2D eigenvalue weighted by Gasteiger charge is 2.23. The van der Waals surface area contributed by atoms with Gasteiger partial charge in [-0.3, -0.25) is 0 Å². The first-order chi connectivity index (χ1) is 11.3. The predicted molar refractivity (Wildman–Crippen MR) is 91.7 cm³/mol. The van der Waals surface area contributed by atoms with Crippen LogP contribution in [-0.4, -0.2) is 18.2 Å². The van der Waals surface area contributed by atoms with Gasteiger partial charge in [0.05, 0.1) is 6.10 Å². The van der Waals surface area contributed by atoms with Crippen LogP contribution in [0.5, 0.6) is 5.75 Å². The molecule has 0 spiro atoms. The Kier molecular flexibility index (Phi) is 5.14. The molecule has 120 valence electrons. The lowest BCUT2D eigenvalue weighted by Gasteiger charge is -2.29. The molecule has 0 aromatic heterocycles. The zero-order chi connectivity index (χ0) is 15.9. The molecule has 0 heterocycles. The molecule has 2 aromatic rings. The Balaban J connectivity index is 1.41. The fourth-order valence-corrected chi connectivity index (χ4v) is 2.89. The van der Waals surface area contributed by atoms with E-state index in [1.807, 2.05) is 60.7 Å². The molecule has 0 atom stereocenters. The molecule has 23 heavy (non-hydrogen) atoms. The summed E-state index contributed by atoms with van der Waals surface area (Å²) in [6.45, 7) is 0. The minimum atomic E-state index is -0.136. The van der Waals surface area contributed by atoms with Crippen molar-refractivity contribution in [3.05, 3.63) is 60.7 Å². The van der Waals surface area contributed by atoms with Crippen molar-refractivity contribution in [1.82, 2.24) is 5.32 Å². The SMILES string of the molecule is O=C(Nc1ccccc1)NC1CCC(Oc2ccccc2)CC1. The summed E-state index contributed by atoms with van der Waals surface area (Å²) in [5, 5.41) is 5.91. The van der Waals surface area contributed by atoms with Crippen LogP contribution in [0, 0.1) is 0 Å². The van der Waals surface area contributed by atoms with E-state index in [1.165, 1.54) is 0 Å². The van der Waals surface area contributed by atoms with Crippen LogP contribution < -0.4 is 15.4 Å². The third kappa shape index (κ3) is 4.74. The van der Waals surface area contributed by atoms with Crippen LogP contribution in [0.3, 0.4) is 0 Å². The molecule has 0 unspecified atom stereocenters. The first kappa shape index (κ1) is 15.4. The molecule has 0 saturated heterocycles. The zero-order valence-electron chi connectivity index (χ0n) is 13.1. The third-order valence-electron chi connectivity index (χ3n) is 4.09. The van der Waals surface area contributed by atoms with Crippen molar-refractivity contribution in [2.24, 2.45) is 0 Å². The largest absolute Gasteiger partial charge is 0.490 e. The van der Waals surface area contributed by atoms with E-state index in [2.05, 4.69) is 10.6 Å². The highest BCUT2D eigenvalue weighted by Crippen LogP contribution is 2.23. The Morgan fingerprint density at radius 3 is 2.13 bits per heavy atom. The lowest BCUT2D eigenvalue weighted by Crippen LogP contribution is -2.41. The first-order valence-electron chi connectivity index (χ1n) is 8.14. The number of anilines is 1. The van der Waals surface area contributed by atoms with Gasteiger partial charge in [0.25, 0.3) is 0 Å². The topological polar surface area (TPSA) is 50.4 Å². The monoisotopic (exact) mass is 310 g/mol. The van der Waals surface area contributed by atoms with Crippen LogP contribution in [0.4, 0.5) is 10.5 Å². The Bertz CT molecular complexity index is 608. The number of carbonyl (C=O) groups is 1. The average Bonchev–Trinajstić information content (AvgIpc) is 2.58. The maximum absolute atomic E-state index is 12.0. The van der Waals surface area contributed by atoms with E-state index in [-0.39, 0.29) is 18.2 Å². The minimum absolute atomic E-state index is 0.136. The Labute approximate surface area is 136 Å². The molecule has 3 rings (SSSR count). The summed E-state index contributed by atoms with van der Waals surface area (Å²) in [5.41, 5.74) is 0.811. The summed E-state index contributed by atoms with van der Waals surface area (Å²) in [5.74, 6) is 0.922. The zero-order valence-corrected chi connectivity index (χ0v) is 13.1. The normalized spacial score (nSPS) is 20.5. The van der Waals surface area contributed by atoms with E-state index in [4.69, 9.17) is 4.74 Å². The van der Waals surface area contributed by atoms with Crippen molar-refractivity contribution < 1.29 is 9.53 Å². The molecule has 2 aromatic carbocycles. The summed E-state index contributed by atoms with van der Waals surface area (Å²) in [6, 6.07) is 19.5. The van der Waals surface area contributed by atoms with E-state index >= 15 is 0 Å². The van der Waals surface area contributed by atoms with Crippen molar-refractivity contribution in [2.75, 3.05) is 5.32 Å². The van der Waals surface area contributed by atoms with Gasteiger partial charge in [0.15, 0.2) is 0 Å². The second kappa shape index (κ2) is 7.68. The molecular formula is C19H22N2O2. The van der Waals surface area contributed by atoms with Gasteiger partial charge < -0.3 is 15.4 Å². The molecule has 2 N–H and O–H groups in total. The number of rotatable bonds is 4. The van der Waals surface area contributed by atoms with Crippen molar-refractivity contribution in [2.45, 2.75) is 37.8 Å². The second-order valence-corrected chi connectivity index (χ2v) is 5.87. The number of amides is 2. The standard InChI is InChI=1S/C19H22N2O2/c22-19(20-15-7-3-1-4-8-15)21-16-11-13-18(14-12-16)23-17-9-5-2-6-10-17/h1-10,16,18H,11-14H2,(H2,20,21,22). The molecule has 0 aliphatic heterocycles. The number of carbonyl (C=O) groups excluding carboxylic acids is 1. The number of benzene rings is 2. The van der Waals surface area contributed by atoms with Gasteiger partial charge in [0, 0.05) is 11.7 Å². The van der Waals surface area contributed by atoms with Gasteiger partial charge >= 0.3 is 6.03 Å². The molecular weight excluding hydrogens is 288 g/mol. The summed E-state index contributed by atoms with van der Waals surface area (Å²) >= 11 is 0. The number of ether oxygens (including phenoxy) is 1. The van der Waals surface area contributed by atoms with Gasteiger partial charge in [-0.2, -0.15) is 0 Å². The smallest absolute Gasteiger partial charge is 0.319 e.